The molecule has 0 bridgehead atoms. The van der Waals surface area contributed by atoms with Crippen molar-refractivity contribution in [1.29, 1.82) is 0 Å². The van der Waals surface area contributed by atoms with Crippen LogP contribution in [0.3, 0.4) is 0 Å². The van der Waals surface area contributed by atoms with Crippen molar-refractivity contribution >= 4 is 17.2 Å². The van der Waals surface area contributed by atoms with Crippen LogP contribution in [0.1, 0.15) is 43.9 Å². The number of nitrogens with zero attached hydrogens (tertiary/aromatic N) is 1. The maximum atomic E-state index is 9.91. The van der Waals surface area contributed by atoms with Gasteiger partial charge in [0.25, 0.3) is 0 Å². The van der Waals surface area contributed by atoms with Crippen LogP contribution in [0.4, 0.5) is 0 Å². The van der Waals surface area contributed by atoms with Crippen molar-refractivity contribution < 1.29 is 14.6 Å². The summed E-state index contributed by atoms with van der Waals surface area (Å²) in [5.74, 6) is 1.92. The van der Waals surface area contributed by atoms with Gasteiger partial charge in [0.15, 0.2) is 0 Å². The van der Waals surface area contributed by atoms with Crippen molar-refractivity contribution in [3.8, 4) is 11.5 Å². The lowest BCUT2D eigenvalue weighted by atomic mass is 9.85. The summed E-state index contributed by atoms with van der Waals surface area (Å²) in [5, 5.41) is 13.5. The number of hydrogen-bond donors (Lipinski definition) is 2. The van der Waals surface area contributed by atoms with Crippen LogP contribution in [-0.2, 0) is 13.0 Å². The van der Waals surface area contributed by atoms with Crippen LogP contribution in [0.25, 0.3) is 5.57 Å². The fourth-order valence-electron chi connectivity index (χ4n) is 4.69. The topological polar surface area (TPSA) is 54.0 Å². The van der Waals surface area contributed by atoms with Crippen LogP contribution >= 0.6 is 11.6 Å². The zero-order valence-corrected chi connectivity index (χ0v) is 20.8. The number of fused-ring (bicyclic) bond motifs is 1. The van der Waals surface area contributed by atoms with Crippen LogP contribution < -0.4 is 14.8 Å². The highest BCUT2D eigenvalue weighted by atomic mass is 35.5. The Morgan fingerprint density at radius 1 is 1.15 bits per heavy atom. The lowest BCUT2D eigenvalue weighted by Gasteiger charge is -2.42. The van der Waals surface area contributed by atoms with Gasteiger partial charge in [0, 0.05) is 25.6 Å². The summed E-state index contributed by atoms with van der Waals surface area (Å²) in [6.45, 7) is 9.57. The lowest BCUT2D eigenvalue weighted by molar-refractivity contribution is -0.0129. The summed E-state index contributed by atoms with van der Waals surface area (Å²) in [6, 6.07) is 12.2. The number of rotatable bonds is 9. The van der Waals surface area contributed by atoms with E-state index in [1.165, 1.54) is 22.3 Å². The predicted octanol–water partition coefficient (Wildman–Crippen LogP) is 4.90. The van der Waals surface area contributed by atoms with E-state index >= 15 is 0 Å². The zero-order valence-electron chi connectivity index (χ0n) is 20.0. The van der Waals surface area contributed by atoms with E-state index in [1.807, 2.05) is 39.1 Å². The van der Waals surface area contributed by atoms with Crippen molar-refractivity contribution in [1.82, 2.24) is 10.2 Å². The molecule has 1 atom stereocenters. The Morgan fingerprint density at radius 3 is 2.64 bits per heavy atom. The molecule has 2 aromatic rings. The molecule has 0 aromatic heterocycles. The number of ether oxygens (including phenoxy) is 2. The molecule has 2 aromatic carbocycles. The first kappa shape index (κ1) is 24.1. The van der Waals surface area contributed by atoms with E-state index in [0.717, 1.165) is 43.8 Å². The van der Waals surface area contributed by atoms with Gasteiger partial charge >= 0.3 is 0 Å². The molecule has 1 unspecified atom stereocenters. The minimum atomic E-state index is -0.399. The highest BCUT2D eigenvalue weighted by molar-refractivity contribution is 6.32. The molecule has 1 heterocycles. The van der Waals surface area contributed by atoms with Crippen molar-refractivity contribution in [2.75, 3.05) is 26.7 Å². The summed E-state index contributed by atoms with van der Waals surface area (Å²) < 4.78 is 11.8. The summed E-state index contributed by atoms with van der Waals surface area (Å²) >= 11 is 6.36. The fraction of sp³-hybridized carbons (Fsp3) is 0.481. The molecule has 33 heavy (non-hydrogen) atoms. The SMILES string of the molecule is CNC(O)C1CN(CC2=C(C)c3ccc(OCc4ccc(OC(C)C)c(Cl)c4)cc3CC2)C1. The second-order valence-corrected chi connectivity index (χ2v) is 9.86. The summed E-state index contributed by atoms with van der Waals surface area (Å²) in [4.78, 5) is 2.43. The Kier molecular flexibility index (Phi) is 7.65. The molecule has 0 spiro atoms. The molecule has 1 aliphatic heterocycles. The van der Waals surface area contributed by atoms with E-state index in [-0.39, 0.29) is 6.10 Å². The predicted molar refractivity (Wildman–Crippen MR) is 134 cm³/mol. The van der Waals surface area contributed by atoms with Crippen molar-refractivity contribution in [3.63, 3.8) is 0 Å². The molecule has 0 saturated carbocycles. The molecular formula is C27H35ClN2O3. The molecule has 178 valence electrons. The third-order valence-electron chi connectivity index (χ3n) is 6.61. The second-order valence-electron chi connectivity index (χ2n) is 9.46. The van der Waals surface area contributed by atoms with Gasteiger partial charge in [0.05, 0.1) is 11.1 Å². The number of aliphatic hydroxyl groups is 1. The average molecular weight is 471 g/mol. The first-order valence-electron chi connectivity index (χ1n) is 11.8. The molecule has 1 saturated heterocycles. The maximum Gasteiger partial charge on any atom is 0.138 e. The molecule has 2 aliphatic rings. The van der Waals surface area contributed by atoms with Gasteiger partial charge in [-0.2, -0.15) is 0 Å². The van der Waals surface area contributed by atoms with E-state index in [0.29, 0.717) is 23.3 Å². The maximum absolute atomic E-state index is 9.91. The number of likely N-dealkylation sites (tertiary alicyclic amines) is 1. The smallest absolute Gasteiger partial charge is 0.138 e. The minimum absolute atomic E-state index is 0.0900. The van der Waals surface area contributed by atoms with E-state index in [4.69, 9.17) is 21.1 Å². The molecule has 0 radical (unpaired) electrons. The fourth-order valence-corrected chi connectivity index (χ4v) is 4.94. The van der Waals surface area contributed by atoms with Gasteiger partial charge in [-0.15, -0.1) is 0 Å². The standard InChI is InChI=1S/C27H35ClN2O3/c1-17(2)33-26-10-5-19(11-25(26)28)16-32-23-8-9-24-18(3)21(7-6-20(24)12-23)13-30-14-22(15-30)27(31)29-4/h5,8-12,17,22,27,29,31H,6-7,13-16H2,1-4H3. The van der Waals surface area contributed by atoms with Gasteiger partial charge in [-0.25, -0.2) is 0 Å². The Labute approximate surface area is 202 Å². The monoisotopic (exact) mass is 470 g/mol. The molecule has 4 rings (SSSR count). The van der Waals surface area contributed by atoms with Crippen LogP contribution in [0.5, 0.6) is 11.5 Å². The lowest BCUT2D eigenvalue weighted by Crippen LogP contribution is -2.55. The molecule has 1 aliphatic carbocycles. The van der Waals surface area contributed by atoms with Crippen LogP contribution in [-0.4, -0.2) is 49.0 Å². The van der Waals surface area contributed by atoms with Crippen LogP contribution in [0.15, 0.2) is 42.0 Å². The quantitative estimate of drug-likeness (QED) is 0.511. The number of allylic oxidation sites excluding steroid dienone is 1. The Balaban J connectivity index is 1.36. The van der Waals surface area contributed by atoms with Crippen molar-refractivity contribution in [3.05, 3.63) is 63.7 Å². The van der Waals surface area contributed by atoms with E-state index in [1.54, 1.807) is 0 Å². The molecule has 1 fully saturated rings. The second kappa shape index (κ2) is 10.5. The van der Waals surface area contributed by atoms with Crippen LogP contribution in [0, 0.1) is 5.92 Å². The number of halogens is 1. The number of nitrogens with one attached hydrogen (secondary N) is 1. The Bertz CT molecular complexity index is 1010. The number of aryl methyl sites for hydroxylation is 1. The Morgan fingerprint density at radius 2 is 1.94 bits per heavy atom. The van der Waals surface area contributed by atoms with E-state index < -0.39 is 6.23 Å². The number of aliphatic hydroxyl groups excluding tert-OH is 1. The Hall–Kier alpha value is -2.05. The molecule has 5 nitrogen and oxygen atoms in total. The third-order valence-corrected chi connectivity index (χ3v) is 6.91. The summed E-state index contributed by atoms with van der Waals surface area (Å²) in [5.41, 5.74) is 6.58. The van der Waals surface area contributed by atoms with Gasteiger partial charge < -0.3 is 14.6 Å². The van der Waals surface area contributed by atoms with Gasteiger partial charge in [-0.05, 0) is 87.2 Å². The van der Waals surface area contributed by atoms with E-state index in [9.17, 15) is 5.11 Å². The highest BCUT2D eigenvalue weighted by Crippen LogP contribution is 2.35. The van der Waals surface area contributed by atoms with Gasteiger partial charge in [0.2, 0.25) is 0 Å². The zero-order chi connectivity index (χ0) is 23.5. The van der Waals surface area contributed by atoms with E-state index in [2.05, 4.69) is 35.3 Å². The summed E-state index contributed by atoms with van der Waals surface area (Å²) in [6.07, 6.45) is 1.80. The molecule has 2 N–H and O–H groups in total. The summed E-state index contributed by atoms with van der Waals surface area (Å²) in [7, 11) is 1.81. The first-order valence-corrected chi connectivity index (χ1v) is 12.2. The number of benzene rings is 2. The highest BCUT2D eigenvalue weighted by Gasteiger charge is 2.32. The normalized spacial score (nSPS) is 17.7. The molecular weight excluding hydrogens is 436 g/mol. The van der Waals surface area contributed by atoms with Gasteiger partial charge in [0.1, 0.15) is 24.3 Å². The van der Waals surface area contributed by atoms with Crippen molar-refractivity contribution in [2.45, 2.75) is 52.6 Å². The first-order chi connectivity index (χ1) is 15.8. The van der Waals surface area contributed by atoms with Crippen molar-refractivity contribution in [2.24, 2.45) is 5.92 Å². The molecule has 0 amide bonds. The minimum Gasteiger partial charge on any atom is -0.489 e. The van der Waals surface area contributed by atoms with Gasteiger partial charge in [-0.1, -0.05) is 29.3 Å². The van der Waals surface area contributed by atoms with Crippen LogP contribution in [0.2, 0.25) is 5.02 Å². The largest absolute Gasteiger partial charge is 0.489 e. The third kappa shape index (κ3) is 5.72. The average Bonchev–Trinajstić information content (AvgIpc) is 2.76. The number of hydrogen-bond acceptors (Lipinski definition) is 5. The molecule has 6 heteroatoms. The van der Waals surface area contributed by atoms with Gasteiger partial charge in [-0.3, -0.25) is 10.2 Å².